The summed E-state index contributed by atoms with van der Waals surface area (Å²) in [4.78, 5) is 5.06. The van der Waals surface area contributed by atoms with Crippen LogP contribution in [0.5, 0.6) is 0 Å². The first kappa shape index (κ1) is 14.3. The minimum atomic E-state index is 0.672. The van der Waals surface area contributed by atoms with Crippen LogP contribution in [0.3, 0.4) is 0 Å². The lowest BCUT2D eigenvalue weighted by molar-refractivity contribution is 0.0614. The lowest BCUT2D eigenvalue weighted by atomic mass is 9.76. The molecule has 0 bridgehead atoms. The average Bonchev–Trinajstić information content (AvgIpc) is 2.37. The van der Waals surface area contributed by atoms with Gasteiger partial charge in [0.1, 0.15) is 0 Å². The number of nitrogens with zero attached hydrogens (tertiary/aromatic N) is 2. The van der Waals surface area contributed by atoms with Crippen LogP contribution in [0.25, 0.3) is 0 Å². The van der Waals surface area contributed by atoms with Crippen LogP contribution in [0.1, 0.15) is 32.6 Å². The van der Waals surface area contributed by atoms with Gasteiger partial charge in [-0.05, 0) is 45.8 Å². The monoisotopic (exact) mass is 253 g/mol. The molecule has 1 N–H and O–H groups in total. The summed E-state index contributed by atoms with van der Waals surface area (Å²) in [5.74, 6) is 1.83. The Labute approximate surface area is 113 Å². The number of hydrogen-bond donors (Lipinski definition) is 1. The Bertz CT molecular complexity index is 248. The second-order valence-electron chi connectivity index (χ2n) is 6.64. The zero-order chi connectivity index (χ0) is 13.1. The van der Waals surface area contributed by atoms with E-state index in [2.05, 4.69) is 43.2 Å². The van der Waals surface area contributed by atoms with Crippen molar-refractivity contribution >= 4 is 0 Å². The van der Waals surface area contributed by atoms with Gasteiger partial charge in [-0.2, -0.15) is 0 Å². The fourth-order valence-electron chi connectivity index (χ4n) is 3.82. The van der Waals surface area contributed by atoms with Gasteiger partial charge in [0.2, 0.25) is 0 Å². The summed E-state index contributed by atoms with van der Waals surface area (Å²) in [7, 11) is 6.72. The van der Waals surface area contributed by atoms with E-state index in [4.69, 9.17) is 0 Å². The fourth-order valence-corrected chi connectivity index (χ4v) is 3.82. The predicted molar refractivity (Wildman–Crippen MR) is 77.9 cm³/mol. The molecule has 106 valence electrons. The number of likely N-dealkylation sites (N-methyl/N-ethyl adjacent to an activating group) is 3. The lowest BCUT2D eigenvalue weighted by Gasteiger charge is -2.45. The van der Waals surface area contributed by atoms with Crippen molar-refractivity contribution in [2.24, 2.45) is 11.8 Å². The van der Waals surface area contributed by atoms with Gasteiger partial charge < -0.3 is 10.2 Å². The molecule has 1 aliphatic heterocycles. The van der Waals surface area contributed by atoms with E-state index in [1.807, 2.05) is 0 Å². The Kier molecular flexibility index (Phi) is 5.05. The summed E-state index contributed by atoms with van der Waals surface area (Å²) in [5.41, 5.74) is 0. The summed E-state index contributed by atoms with van der Waals surface area (Å²) >= 11 is 0. The molecule has 0 aromatic rings. The van der Waals surface area contributed by atoms with Crippen LogP contribution in [-0.2, 0) is 0 Å². The number of piperazine rings is 1. The van der Waals surface area contributed by atoms with Crippen molar-refractivity contribution in [2.75, 3.05) is 40.8 Å². The molecule has 3 nitrogen and oxygen atoms in total. The third kappa shape index (κ3) is 3.25. The topological polar surface area (TPSA) is 18.5 Å². The molecule has 1 saturated heterocycles. The second kappa shape index (κ2) is 6.36. The minimum Gasteiger partial charge on any atom is -0.315 e. The highest BCUT2D eigenvalue weighted by Crippen LogP contribution is 2.32. The zero-order valence-corrected chi connectivity index (χ0v) is 12.7. The summed E-state index contributed by atoms with van der Waals surface area (Å²) in [5, 5.41) is 3.64. The van der Waals surface area contributed by atoms with Crippen LogP contribution in [0.15, 0.2) is 0 Å². The highest BCUT2D eigenvalue weighted by molar-refractivity contribution is 4.93. The molecule has 2 unspecified atom stereocenters. The van der Waals surface area contributed by atoms with E-state index >= 15 is 0 Å². The van der Waals surface area contributed by atoms with Crippen LogP contribution in [0.2, 0.25) is 0 Å². The average molecular weight is 253 g/mol. The van der Waals surface area contributed by atoms with Crippen LogP contribution in [0.4, 0.5) is 0 Å². The Hall–Kier alpha value is -0.120. The highest BCUT2D eigenvalue weighted by Gasteiger charge is 2.35. The Balaban J connectivity index is 1.98. The van der Waals surface area contributed by atoms with E-state index in [0.717, 1.165) is 11.8 Å². The molecule has 0 aromatic heterocycles. The normalized spacial score (nSPS) is 37.7. The van der Waals surface area contributed by atoms with Gasteiger partial charge in [0, 0.05) is 31.7 Å². The molecule has 18 heavy (non-hydrogen) atoms. The van der Waals surface area contributed by atoms with Crippen molar-refractivity contribution in [1.29, 1.82) is 0 Å². The van der Waals surface area contributed by atoms with Gasteiger partial charge in [-0.15, -0.1) is 0 Å². The molecule has 1 heterocycles. The molecule has 1 saturated carbocycles. The SMILES string of the molecule is CNC(C1CCC(C)CC1)C1CN(C)CCN1C. The van der Waals surface area contributed by atoms with E-state index in [0.29, 0.717) is 12.1 Å². The van der Waals surface area contributed by atoms with Gasteiger partial charge in [-0.1, -0.05) is 19.8 Å². The van der Waals surface area contributed by atoms with Gasteiger partial charge in [0.15, 0.2) is 0 Å². The fraction of sp³-hybridized carbons (Fsp3) is 1.00. The third-order valence-electron chi connectivity index (χ3n) is 5.22. The van der Waals surface area contributed by atoms with Crippen molar-refractivity contribution in [3.8, 4) is 0 Å². The van der Waals surface area contributed by atoms with Crippen molar-refractivity contribution in [1.82, 2.24) is 15.1 Å². The number of hydrogen-bond acceptors (Lipinski definition) is 3. The lowest BCUT2D eigenvalue weighted by Crippen LogP contribution is -2.60. The summed E-state index contributed by atoms with van der Waals surface area (Å²) in [6.07, 6.45) is 5.69. The van der Waals surface area contributed by atoms with Crippen LogP contribution < -0.4 is 5.32 Å². The van der Waals surface area contributed by atoms with Gasteiger partial charge in [-0.3, -0.25) is 4.90 Å². The Morgan fingerprint density at radius 1 is 1.06 bits per heavy atom. The molecular formula is C15H31N3. The highest BCUT2D eigenvalue weighted by atomic mass is 15.3. The van der Waals surface area contributed by atoms with E-state index < -0.39 is 0 Å². The maximum absolute atomic E-state index is 3.64. The Morgan fingerprint density at radius 3 is 2.33 bits per heavy atom. The molecule has 0 aromatic carbocycles. The zero-order valence-electron chi connectivity index (χ0n) is 12.7. The van der Waals surface area contributed by atoms with Crippen molar-refractivity contribution in [2.45, 2.75) is 44.7 Å². The van der Waals surface area contributed by atoms with E-state index in [9.17, 15) is 0 Å². The molecule has 2 atom stereocenters. The molecular weight excluding hydrogens is 222 g/mol. The molecule has 2 fully saturated rings. The third-order valence-corrected chi connectivity index (χ3v) is 5.22. The first-order valence-electron chi connectivity index (χ1n) is 7.68. The Morgan fingerprint density at radius 2 is 1.72 bits per heavy atom. The van der Waals surface area contributed by atoms with Crippen LogP contribution >= 0.6 is 0 Å². The quantitative estimate of drug-likeness (QED) is 0.825. The van der Waals surface area contributed by atoms with Gasteiger partial charge in [0.05, 0.1) is 0 Å². The molecule has 1 aliphatic carbocycles. The largest absolute Gasteiger partial charge is 0.315 e. The standard InChI is InChI=1S/C15H31N3/c1-12-5-7-13(8-6-12)15(16-2)14-11-17(3)9-10-18(14)4/h12-16H,5-11H2,1-4H3. The smallest absolute Gasteiger partial charge is 0.0376 e. The summed E-state index contributed by atoms with van der Waals surface area (Å²) in [6, 6.07) is 1.36. The maximum atomic E-state index is 3.64. The second-order valence-corrected chi connectivity index (χ2v) is 6.64. The molecule has 0 amide bonds. The first-order valence-corrected chi connectivity index (χ1v) is 7.68. The van der Waals surface area contributed by atoms with Gasteiger partial charge in [0.25, 0.3) is 0 Å². The van der Waals surface area contributed by atoms with Crippen molar-refractivity contribution < 1.29 is 0 Å². The molecule has 0 radical (unpaired) electrons. The van der Waals surface area contributed by atoms with E-state index in [1.54, 1.807) is 0 Å². The van der Waals surface area contributed by atoms with Crippen LogP contribution in [0, 0.1) is 11.8 Å². The predicted octanol–water partition coefficient (Wildman–Crippen LogP) is 1.65. The van der Waals surface area contributed by atoms with Gasteiger partial charge in [-0.25, -0.2) is 0 Å². The maximum Gasteiger partial charge on any atom is 0.0376 e. The van der Waals surface area contributed by atoms with E-state index in [1.165, 1.54) is 45.3 Å². The van der Waals surface area contributed by atoms with Crippen molar-refractivity contribution in [3.05, 3.63) is 0 Å². The van der Waals surface area contributed by atoms with Crippen molar-refractivity contribution in [3.63, 3.8) is 0 Å². The first-order chi connectivity index (χ1) is 8.61. The minimum absolute atomic E-state index is 0.672. The molecule has 0 spiro atoms. The molecule has 3 heteroatoms. The molecule has 2 rings (SSSR count). The van der Waals surface area contributed by atoms with Crippen LogP contribution in [-0.4, -0.2) is 62.7 Å². The molecule has 2 aliphatic rings. The number of nitrogens with one attached hydrogen (secondary N) is 1. The number of rotatable bonds is 3. The van der Waals surface area contributed by atoms with Gasteiger partial charge >= 0.3 is 0 Å². The summed E-state index contributed by atoms with van der Waals surface area (Å²) in [6.45, 7) is 6.05. The van der Waals surface area contributed by atoms with E-state index in [-0.39, 0.29) is 0 Å². The summed E-state index contributed by atoms with van der Waals surface area (Å²) < 4.78 is 0.